The number of rotatable bonds is 1. The molecule has 0 spiro atoms. The van der Waals surface area contributed by atoms with Crippen molar-refractivity contribution in [1.82, 2.24) is 0 Å². The van der Waals surface area contributed by atoms with Crippen LogP contribution >= 0.6 is 15.9 Å². The highest BCUT2D eigenvalue weighted by atomic mass is 79.9. The third kappa shape index (κ3) is 2.01. The lowest BCUT2D eigenvalue weighted by atomic mass is 9.99. The first-order valence-electron chi connectivity index (χ1n) is 3.64. The number of aliphatic hydroxyl groups is 5. The fourth-order valence-electron chi connectivity index (χ4n) is 1.11. The molecular formula is C6H11BrO6. The van der Waals surface area contributed by atoms with E-state index in [0.717, 1.165) is 0 Å². The van der Waals surface area contributed by atoms with E-state index in [-0.39, 0.29) is 0 Å². The Bertz CT molecular complexity index is 184. The molecule has 13 heavy (non-hydrogen) atoms. The van der Waals surface area contributed by atoms with Gasteiger partial charge in [0.15, 0.2) is 0 Å². The van der Waals surface area contributed by atoms with E-state index in [0.29, 0.717) is 0 Å². The molecule has 1 heterocycles. The third-order valence-electron chi connectivity index (χ3n) is 1.92. The number of hydrogen-bond acceptors (Lipinski definition) is 6. The van der Waals surface area contributed by atoms with Crippen LogP contribution in [0.5, 0.6) is 0 Å². The molecule has 6 nitrogen and oxygen atoms in total. The standard InChI is InChI=1S/C6H11BrO6/c7-6(12)5(11)4(10)3(9)2(1-8)13-6/h2-5,8-12H,1H2/t2-,3+,4+,5-,6+/m1/s1. The first-order chi connectivity index (χ1) is 5.90. The van der Waals surface area contributed by atoms with Gasteiger partial charge < -0.3 is 30.3 Å². The lowest BCUT2D eigenvalue weighted by molar-refractivity contribution is -0.301. The van der Waals surface area contributed by atoms with Crippen LogP contribution in [0.2, 0.25) is 0 Å². The van der Waals surface area contributed by atoms with E-state index >= 15 is 0 Å². The second-order valence-electron chi connectivity index (χ2n) is 2.87. The Balaban J connectivity index is 2.79. The Labute approximate surface area is 82.5 Å². The van der Waals surface area contributed by atoms with E-state index in [9.17, 15) is 20.4 Å². The molecule has 0 bridgehead atoms. The molecule has 1 aliphatic rings. The van der Waals surface area contributed by atoms with Crippen molar-refractivity contribution in [3.05, 3.63) is 0 Å². The third-order valence-corrected chi connectivity index (χ3v) is 2.57. The van der Waals surface area contributed by atoms with Gasteiger partial charge in [-0.15, -0.1) is 0 Å². The van der Waals surface area contributed by atoms with Crippen LogP contribution < -0.4 is 0 Å². The zero-order chi connectivity index (χ0) is 10.2. The number of alkyl halides is 1. The molecule has 0 saturated carbocycles. The van der Waals surface area contributed by atoms with E-state index in [1.807, 2.05) is 0 Å². The summed E-state index contributed by atoms with van der Waals surface area (Å²) in [5.74, 6) is 0. The predicted molar refractivity (Wildman–Crippen MR) is 43.9 cm³/mol. The number of aliphatic hydroxyl groups excluding tert-OH is 4. The average Bonchev–Trinajstić information content (AvgIpc) is 2.08. The van der Waals surface area contributed by atoms with Crippen molar-refractivity contribution in [3.8, 4) is 0 Å². The van der Waals surface area contributed by atoms with Crippen LogP contribution in [0.3, 0.4) is 0 Å². The van der Waals surface area contributed by atoms with Crippen LogP contribution in [0.25, 0.3) is 0 Å². The molecule has 0 radical (unpaired) electrons. The van der Waals surface area contributed by atoms with Gasteiger partial charge in [-0.2, -0.15) is 0 Å². The van der Waals surface area contributed by atoms with Gasteiger partial charge in [-0.3, -0.25) is 0 Å². The Hall–Kier alpha value is 0.240. The van der Waals surface area contributed by atoms with Crippen molar-refractivity contribution < 1.29 is 30.3 Å². The van der Waals surface area contributed by atoms with Crippen molar-refractivity contribution >= 4 is 15.9 Å². The zero-order valence-electron chi connectivity index (χ0n) is 6.54. The Morgan fingerprint density at radius 1 is 1.23 bits per heavy atom. The van der Waals surface area contributed by atoms with Crippen molar-refractivity contribution in [3.63, 3.8) is 0 Å². The zero-order valence-corrected chi connectivity index (χ0v) is 8.12. The summed E-state index contributed by atoms with van der Waals surface area (Å²) in [5.41, 5.74) is 0. The number of ether oxygens (including phenoxy) is 1. The molecule has 0 amide bonds. The van der Waals surface area contributed by atoms with Crippen molar-refractivity contribution in [2.24, 2.45) is 0 Å². The van der Waals surface area contributed by atoms with Crippen LogP contribution in [-0.4, -0.2) is 61.3 Å². The summed E-state index contributed by atoms with van der Waals surface area (Å²) < 4.78 is 2.54. The summed E-state index contributed by atoms with van der Waals surface area (Å²) in [7, 11) is 0. The van der Waals surface area contributed by atoms with Gasteiger partial charge in [-0.05, 0) is 15.9 Å². The molecule has 1 saturated heterocycles. The molecule has 7 heteroatoms. The van der Waals surface area contributed by atoms with E-state index < -0.39 is 35.7 Å². The van der Waals surface area contributed by atoms with Gasteiger partial charge in [-0.25, -0.2) is 0 Å². The lowest BCUT2D eigenvalue weighted by Crippen LogP contribution is -2.62. The maximum absolute atomic E-state index is 9.29. The molecule has 5 N–H and O–H groups in total. The summed E-state index contributed by atoms with van der Waals surface area (Å²) in [6.07, 6.45) is -5.82. The van der Waals surface area contributed by atoms with Gasteiger partial charge in [0.05, 0.1) is 6.61 Å². The van der Waals surface area contributed by atoms with Crippen molar-refractivity contribution in [1.29, 1.82) is 0 Å². The summed E-state index contributed by atoms with van der Waals surface area (Å²) >= 11 is 2.61. The van der Waals surface area contributed by atoms with Crippen LogP contribution in [0.4, 0.5) is 0 Å². The smallest absolute Gasteiger partial charge is 0.254 e. The predicted octanol–water partition coefficient (Wildman–Crippen LogP) is -2.50. The lowest BCUT2D eigenvalue weighted by Gasteiger charge is -2.42. The molecule has 0 unspecified atom stereocenters. The molecule has 1 aliphatic heterocycles. The monoisotopic (exact) mass is 258 g/mol. The SMILES string of the molecule is OC[C@H]1O[C@](O)(Br)[C@H](O)[C@@H](O)[C@H]1O. The topological polar surface area (TPSA) is 110 Å². The van der Waals surface area contributed by atoms with E-state index in [4.69, 9.17) is 5.11 Å². The first kappa shape index (κ1) is 11.3. The van der Waals surface area contributed by atoms with Gasteiger partial charge in [0.1, 0.15) is 24.4 Å². The highest BCUT2D eigenvalue weighted by Crippen LogP contribution is 2.32. The second kappa shape index (κ2) is 3.77. The van der Waals surface area contributed by atoms with E-state index in [1.54, 1.807) is 0 Å². The molecule has 0 aromatic heterocycles. The van der Waals surface area contributed by atoms with Gasteiger partial charge in [-0.1, -0.05) is 0 Å². The summed E-state index contributed by atoms with van der Waals surface area (Å²) in [6.45, 7) is -0.571. The molecule has 0 aromatic rings. The van der Waals surface area contributed by atoms with Gasteiger partial charge in [0.25, 0.3) is 4.70 Å². The second-order valence-corrected chi connectivity index (χ2v) is 4.01. The number of halogens is 1. The van der Waals surface area contributed by atoms with Gasteiger partial charge in [0, 0.05) is 0 Å². The fourth-order valence-corrected chi connectivity index (χ4v) is 1.63. The summed E-state index contributed by atoms with van der Waals surface area (Å²) in [4.78, 5) is 0. The van der Waals surface area contributed by atoms with Gasteiger partial charge >= 0.3 is 0 Å². The van der Waals surface area contributed by atoms with Crippen LogP contribution in [-0.2, 0) is 4.74 Å². The van der Waals surface area contributed by atoms with Crippen LogP contribution in [0.1, 0.15) is 0 Å². The maximum atomic E-state index is 9.29. The minimum Gasteiger partial charge on any atom is -0.394 e. The summed E-state index contributed by atoms with van der Waals surface area (Å²) in [5, 5.41) is 45.6. The minimum absolute atomic E-state index is 0.571. The van der Waals surface area contributed by atoms with Gasteiger partial charge in [0.2, 0.25) is 0 Å². The van der Waals surface area contributed by atoms with Crippen molar-refractivity contribution in [2.45, 2.75) is 29.1 Å². The summed E-state index contributed by atoms with van der Waals surface area (Å²) in [6, 6.07) is 0. The molecule has 1 rings (SSSR count). The number of hydrogen-bond donors (Lipinski definition) is 5. The van der Waals surface area contributed by atoms with Crippen molar-refractivity contribution in [2.75, 3.05) is 6.61 Å². The normalized spacial score (nSPS) is 52.2. The molecule has 0 aliphatic carbocycles. The van der Waals surface area contributed by atoms with E-state index in [1.165, 1.54) is 0 Å². The largest absolute Gasteiger partial charge is 0.394 e. The molecule has 78 valence electrons. The Morgan fingerprint density at radius 3 is 2.23 bits per heavy atom. The maximum Gasteiger partial charge on any atom is 0.254 e. The van der Waals surface area contributed by atoms with E-state index in [2.05, 4.69) is 20.7 Å². The highest BCUT2D eigenvalue weighted by molar-refractivity contribution is 9.10. The minimum atomic E-state index is -2.14. The van der Waals surface area contributed by atoms with Crippen LogP contribution in [0, 0.1) is 0 Å². The highest BCUT2D eigenvalue weighted by Gasteiger charge is 2.51. The molecule has 5 atom stereocenters. The molecular weight excluding hydrogens is 248 g/mol. The average molecular weight is 259 g/mol. The quantitative estimate of drug-likeness (QED) is 0.333. The molecule has 1 fully saturated rings. The van der Waals surface area contributed by atoms with Crippen LogP contribution in [0.15, 0.2) is 0 Å². The molecule has 0 aromatic carbocycles. The fraction of sp³-hybridized carbons (Fsp3) is 1.00. The Morgan fingerprint density at radius 2 is 1.77 bits per heavy atom. The first-order valence-corrected chi connectivity index (χ1v) is 4.43. The Kier molecular flexibility index (Phi) is 3.29.